The first kappa shape index (κ1) is 23.5. The van der Waals surface area contributed by atoms with Gasteiger partial charge in [-0.3, -0.25) is 9.59 Å². The maximum absolute atomic E-state index is 13.9. The summed E-state index contributed by atoms with van der Waals surface area (Å²) >= 11 is 0. The van der Waals surface area contributed by atoms with Crippen molar-refractivity contribution in [1.29, 1.82) is 0 Å². The van der Waals surface area contributed by atoms with Crippen LogP contribution >= 0.6 is 0 Å². The molecular formula is C28H35NO5. The molecule has 1 aromatic rings. The van der Waals surface area contributed by atoms with E-state index in [0.717, 1.165) is 5.56 Å². The maximum atomic E-state index is 13.9. The lowest BCUT2D eigenvalue weighted by atomic mass is 9.51. The van der Waals surface area contributed by atoms with Gasteiger partial charge in [-0.2, -0.15) is 0 Å². The first-order valence-electron chi connectivity index (χ1n) is 12.4. The molecule has 5 rings (SSSR count). The van der Waals surface area contributed by atoms with Crippen molar-refractivity contribution < 1.29 is 24.5 Å². The van der Waals surface area contributed by atoms with Crippen LogP contribution < -0.4 is 5.32 Å². The molecule has 0 aromatic heterocycles. The molecule has 1 spiro atoms. The van der Waals surface area contributed by atoms with E-state index >= 15 is 0 Å². The summed E-state index contributed by atoms with van der Waals surface area (Å²) in [6.07, 6.45) is 6.48. The number of ether oxygens (including phenoxy) is 1. The minimum absolute atomic E-state index is 0.0176. The number of amides is 1. The van der Waals surface area contributed by atoms with Gasteiger partial charge in [0.15, 0.2) is 5.78 Å². The third-order valence-electron chi connectivity index (χ3n) is 9.07. The van der Waals surface area contributed by atoms with Crippen LogP contribution in [0.5, 0.6) is 0 Å². The van der Waals surface area contributed by atoms with Crippen LogP contribution in [-0.4, -0.2) is 51.4 Å². The molecular weight excluding hydrogens is 430 g/mol. The number of aliphatic hydroxyl groups excluding tert-OH is 1. The van der Waals surface area contributed by atoms with Gasteiger partial charge in [0, 0.05) is 23.8 Å². The number of Topliss-reactive ketones (excluding diaryl/α,β-unsaturated/α-hetero) is 1. The normalized spacial score (nSPS) is 47.8. The fourth-order valence-corrected chi connectivity index (χ4v) is 7.04. The van der Waals surface area contributed by atoms with Crippen molar-refractivity contribution in [1.82, 2.24) is 5.32 Å². The molecule has 6 nitrogen and oxygen atoms in total. The van der Waals surface area contributed by atoms with Gasteiger partial charge >= 0.3 is 0 Å². The quantitative estimate of drug-likeness (QED) is 0.461. The molecule has 34 heavy (non-hydrogen) atoms. The van der Waals surface area contributed by atoms with Crippen LogP contribution in [-0.2, 0) is 20.7 Å². The van der Waals surface area contributed by atoms with Crippen molar-refractivity contribution in [3.8, 4) is 0 Å². The molecule has 2 heterocycles. The zero-order valence-corrected chi connectivity index (χ0v) is 20.3. The van der Waals surface area contributed by atoms with Gasteiger partial charge < -0.3 is 20.3 Å². The van der Waals surface area contributed by atoms with Gasteiger partial charge in [-0.1, -0.05) is 62.4 Å². The number of carbonyl (C=O) groups excluding carboxylic acids is 2. The number of nitrogens with one attached hydrogen (secondary N) is 1. The van der Waals surface area contributed by atoms with Crippen molar-refractivity contribution in [3.63, 3.8) is 0 Å². The Balaban J connectivity index is 1.64. The average molecular weight is 466 g/mol. The second kappa shape index (κ2) is 7.87. The van der Waals surface area contributed by atoms with E-state index in [4.69, 9.17) is 4.74 Å². The SMILES string of the molecule is CC1CC=CC2C3OC3(C)C(C)C3C(Cc4ccccc4)NC(=O)C23C(O)C=CC(C)(O)C1=O. The topological polar surface area (TPSA) is 99.2 Å². The summed E-state index contributed by atoms with van der Waals surface area (Å²) in [5, 5.41) is 25.8. The van der Waals surface area contributed by atoms with Crippen molar-refractivity contribution >= 4 is 11.7 Å². The van der Waals surface area contributed by atoms with E-state index in [-0.39, 0.29) is 47.2 Å². The molecule has 1 amide bonds. The van der Waals surface area contributed by atoms with Crippen LogP contribution in [0.15, 0.2) is 54.6 Å². The molecule has 3 N–H and O–H groups in total. The van der Waals surface area contributed by atoms with E-state index in [2.05, 4.69) is 31.3 Å². The molecule has 2 aliphatic carbocycles. The van der Waals surface area contributed by atoms with E-state index in [9.17, 15) is 19.8 Å². The second-order valence-corrected chi connectivity index (χ2v) is 11.1. The lowest BCUT2D eigenvalue weighted by Gasteiger charge is -2.48. The van der Waals surface area contributed by atoms with Gasteiger partial charge in [0.1, 0.15) is 5.60 Å². The third-order valence-corrected chi connectivity index (χ3v) is 9.07. The predicted octanol–water partition coefficient (Wildman–Crippen LogP) is 2.59. The molecule has 6 heteroatoms. The molecule has 10 unspecified atom stereocenters. The van der Waals surface area contributed by atoms with Crippen molar-refractivity contribution in [2.45, 2.75) is 70.0 Å². The number of epoxide rings is 1. The number of hydrogen-bond donors (Lipinski definition) is 3. The van der Waals surface area contributed by atoms with Gasteiger partial charge in [-0.25, -0.2) is 0 Å². The lowest BCUT2D eigenvalue weighted by molar-refractivity contribution is -0.142. The predicted molar refractivity (Wildman–Crippen MR) is 128 cm³/mol. The first-order valence-corrected chi connectivity index (χ1v) is 12.4. The summed E-state index contributed by atoms with van der Waals surface area (Å²) in [6, 6.07) is 9.89. The zero-order valence-electron chi connectivity index (χ0n) is 20.3. The Hall–Kier alpha value is -2.28. The number of rotatable bonds is 2. The third kappa shape index (κ3) is 3.26. The number of benzene rings is 1. The van der Waals surface area contributed by atoms with Gasteiger partial charge in [-0.05, 0) is 44.2 Å². The molecule has 3 fully saturated rings. The summed E-state index contributed by atoms with van der Waals surface area (Å²) in [7, 11) is 0. The molecule has 0 radical (unpaired) electrons. The highest BCUT2D eigenvalue weighted by Gasteiger charge is 2.77. The number of hydrogen-bond acceptors (Lipinski definition) is 5. The number of ketones is 1. The fraction of sp³-hybridized carbons (Fsp3) is 0.571. The standard InChI is InChI=1S/C28H35NO5/c1-16-9-8-12-19-24-27(4,34-24)17(2)22-20(15-18-10-6-5-7-11-18)29-25(32)28(19,22)21(30)13-14-26(3,33)23(16)31/h5-8,10-14,16-17,19-22,24,30,33H,9,15H2,1-4H3,(H,29,32). The smallest absolute Gasteiger partial charge is 0.230 e. The second-order valence-electron chi connectivity index (χ2n) is 11.1. The lowest BCUT2D eigenvalue weighted by Crippen LogP contribution is -2.59. The zero-order chi connectivity index (χ0) is 24.5. The van der Waals surface area contributed by atoms with Crippen LogP contribution in [0.25, 0.3) is 0 Å². The van der Waals surface area contributed by atoms with Crippen LogP contribution in [0.3, 0.4) is 0 Å². The summed E-state index contributed by atoms with van der Waals surface area (Å²) in [6.45, 7) is 7.46. The number of aliphatic hydroxyl groups is 2. The molecule has 0 bridgehead atoms. The Morgan fingerprint density at radius 3 is 2.53 bits per heavy atom. The highest BCUT2D eigenvalue weighted by Crippen LogP contribution is 2.66. The van der Waals surface area contributed by atoms with E-state index in [0.29, 0.717) is 12.8 Å². The highest BCUT2D eigenvalue weighted by molar-refractivity contribution is 5.91. The van der Waals surface area contributed by atoms with Crippen LogP contribution in [0.4, 0.5) is 0 Å². The van der Waals surface area contributed by atoms with Crippen molar-refractivity contribution in [3.05, 3.63) is 60.2 Å². The van der Waals surface area contributed by atoms with Crippen LogP contribution in [0.2, 0.25) is 0 Å². The molecule has 2 saturated heterocycles. The molecule has 10 atom stereocenters. The van der Waals surface area contributed by atoms with Crippen LogP contribution in [0.1, 0.15) is 39.7 Å². The molecule has 182 valence electrons. The Kier molecular flexibility index (Phi) is 5.43. The van der Waals surface area contributed by atoms with Gasteiger partial charge in [0.2, 0.25) is 5.91 Å². The summed E-state index contributed by atoms with van der Waals surface area (Å²) in [5.74, 6) is -1.41. The number of fused-ring (bicyclic) bond motifs is 2. The summed E-state index contributed by atoms with van der Waals surface area (Å²) in [5.41, 5.74) is -2.12. The van der Waals surface area contributed by atoms with E-state index in [1.807, 2.05) is 30.4 Å². The van der Waals surface area contributed by atoms with E-state index in [1.54, 1.807) is 6.92 Å². The average Bonchev–Trinajstić information content (AvgIpc) is 3.42. The number of carbonyl (C=O) groups is 2. The summed E-state index contributed by atoms with van der Waals surface area (Å²) < 4.78 is 6.28. The van der Waals surface area contributed by atoms with Crippen molar-refractivity contribution in [2.75, 3.05) is 0 Å². The Morgan fingerprint density at radius 1 is 1.12 bits per heavy atom. The largest absolute Gasteiger partial charge is 0.388 e. The monoisotopic (exact) mass is 465 g/mol. The van der Waals surface area contributed by atoms with Crippen LogP contribution in [0, 0.1) is 29.1 Å². The van der Waals surface area contributed by atoms with Gasteiger partial charge in [0.25, 0.3) is 0 Å². The Labute approximate surface area is 201 Å². The maximum Gasteiger partial charge on any atom is 0.230 e. The summed E-state index contributed by atoms with van der Waals surface area (Å²) in [4.78, 5) is 26.7. The fourth-order valence-electron chi connectivity index (χ4n) is 7.04. The molecule has 1 aromatic carbocycles. The Morgan fingerprint density at radius 2 is 1.82 bits per heavy atom. The molecule has 1 saturated carbocycles. The van der Waals surface area contributed by atoms with Gasteiger partial charge in [0.05, 0.1) is 23.2 Å². The molecule has 4 aliphatic rings. The minimum atomic E-state index is -1.72. The molecule has 2 aliphatic heterocycles. The first-order chi connectivity index (χ1) is 16.0. The number of allylic oxidation sites excluding steroid dienone is 1. The van der Waals surface area contributed by atoms with E-state index < -0.39 is 23.0 Å². The van der Waals surface area contributed by atoms with Crippen molar-refractivity contribution in [2.24, 2.45) is 29.1 Å². The van der Waals surface area contributed by atoms with Gasteiger partial charge in [-0.15, -0.1) is 0 Å². The highest BCUT2D eigenvalue weighted by atomic mass is 16.6. The Bertz CT molecular complexity index is 1050. The van der Waals surface area contributed by atoms with E-state index in [1.165, 1.54) is 19.1 Å². The minimum Gasteiger partial charge on any atom is -0.388 e.